The van der Waals surface area contributed by atoms with Crippen LogP contribution in [0.25, 0.3) is 21.8 Å². The van der Waals surface area contributed by atoms with Crippen LogP contribution in [0.2, 0.25) is 10.0 Å². The molecule has 21 heteroatoms. The van der Waals surface area contributed by atoms with Crippen LogP contribution in [0.5, 0.6) is 0 Å². The van der Waals surface area contributed by atoms with Gasteiger partial charge in [-0.15, -0.1) is 0 Å². The second kappa shape index (κ2) is 70.1. The molecule has 7 rings (SSSR count). The van der Waals surface area contributed by atoms with Gasteiger partial charge >= 0.3 is 0 Å². The summed E-state index contributed by atoms with van der Waals surface area (Å²) in [7, 11) is -2.85. The number of para-hydroxylation sites is 2. The van der Waals surface area contributed by atoms with Crippen molar-refractivity contribution < 1.29 is 27.6 Å². The molecule has 4 amide bonds. The van der Waals surface area contributed by atoms with E-state index in [-0.39, 0.29) is 84.5 Å². The smallest absolute Gasteiger partial charge is 0.273 e. The van der Waals surface area contributed by atoms with Crippen molar-refractivity contribution in [2.24, 2.45) is 48.7 Å². The number of nitrogens with zero attached hydrogens (tertiary/aromatic N) is 3. The normalized spacial score (nSPS) is 11.0. The minimum atomic E-state index is -2.85. The number of halogens is 2. The Bertz CT molecular complexity index is 5590. The van der Waals surface area contributed by atoms with Gasteiger partial charge in [0.05, 0.1) is 99.5 Å². The van der Waals surface area contributed by atoms with Gasteiger partial charge in [-0.25, -0.2) is 8.42 Å². The van der Waals surface area contributed by atoms with Gasteiger partial charge in [-0.3, -0.25) is 34.1 Å². The SMILES string of the molecule is CC(C)(C)C#CCNC(=O)Cc1c[nH]c2ccccc12.CC(C)(C)C#CCNC(=O)Cc1ccc(Cl)c(Cl)c1.CC(C)(C)C#CCNC(=O)c1n[nH]c2ccccc12.CC(C)(C)C#CCNCCS(C)(=O)=O.CC(C)(C)C#CCNCc1ccccc1.CC(C)NCC#CC(C)(C)C.CCCN(CC#CC(C)(C)C)CCC.CCN(CC)CC#CC(C)(C)C.Cc1ccc(CC(=O)NCC#CC(C)(C)C)cc1. The molecule has 778 valence electrons. The fraction of sp³-hybridized carbons (Fsp3) is 0.545. The van der Waals surface area contributed by atoms with Gasteiger partial charge in [0.2, 0.25) is 17.7 Å². The topological polar surface area (TPSA) is 238 Å². The highest BCUT2D eigenvalue weighted by atomic mass is 35.5. The average molecular weight is 2000 g/mol. The molecule has 0 fully saturated rings. The van der Waals surface area contributed by atoms with E-state index in [1.165, 1.54) is 43.3 Å². The number of aromatic amines is 2. The van der Waals surface area contributed by atoms with E-state index in [0.29, 0.717) is 73.9 Å². The first-order valence-corrected chi connectivity index (χ1v) is 52.4. The molecule has 0 aliphatic rings. The van der Waals surface area contributed by atoms with E-state index in [1.54, 1.807) is 18.2 Å². The maximum atomic E-state index is 12.0. The van der Waals surface area contributed by atoms with Gasteiger partial charge in [0.25, 0.3) is 5.91 Å². The summed E-state index contributed by atoms with van der Waals surface area (Å²) in [6, 6.07) is 39.6. The minimum Gasteiger partial charge on any atom is -0.361 e. The largest absolute Gasteiger partial charge is 0.361 e. The number of H-pyrrole nitrogens is 2. The molecule has 0 bridgehead atoms. The van der Waals surface area contributed by atoms with Gasteiger partial charge < -0.3 is 42.2 Å². The first kappa shape index (κ1) is 133. The molecular weight excluding hydrogens is 1820 g/mol. The summed E-state index contributed by atoms with van der Waals surface area (Å²) >= 11 is 11.7. The van der Waals surface area contributed by atoms with Crippen LogP contribution in [0, 0.1) is 162 Å². The molecule has 2 heterocycles. The zero-order valence-electron chi connectivity index (χ0n) is 93.5. The van der Waals surface area contributed by atoms with Crippen LogP contribution in [-0.2, 0) is 50.0 Å². The van der Waals surface area contributed by atoms with Crippen LogP contribution < -0.4 is 37.2 Å². The summed E-state index contributed by atoms with van der Waals surface area (Å²) in [5.41, 5.74) is 8.11. The van der Waals surface area contributed by atoms with E-state index in [4.69, 9.17) is 23.2 Å². The zero-order valence-corrected chi connectivity index (χ0v) is 95.8. The van der Waals surface area contributed by atoms with Crippen LogP contribution >= 0.6 is 23.2 Å². The van der Waals surface area contributed by atoms with E-state index in [2.05, 4.69) is 318 Å². The molecule has 2 aromatic heterocycles. The summed E-state index contributed by atoms with van der Waals surface area (Å²) < 4.78 is 21.5. The van der Waals surface area contributed by atoms with Crippen molar-refractivity contribution >= 4 is 78.5 Å². The molecule has 0 radical (unpaired) electrons. The molecule has 0 saturated heterocycles. The van der Waals surface area contributed by atoms with Crippen LogP contribution in [0.4, 0.5) is 0 Å². The van der Waals surface area contributed by atoms with Crippen LogP contribution in [0.3, 0.4) is 0 Å². The number of nitrogens with one attached hydrogen (secondary N) is 9. The summed E-state index contributed by atoms with van der Waals surface area (Å²) in [6.45, 7) is 82.6. The predicted molar refractivity (Wildman–Crippen MR) is 608 cm³/mol. The molecule has 5 aromatic carbocycles. The summed E-state index contributed by atoms with van der Waals surface area (Å²) in [4.78, 5) is 55.1. The Balaban J connectivity index is 0. The van der Waals surface area contributed by atoms with E-state index in [1.807, 2.05) is 196 Å². The number of benzene rings is 5. The Morgan fingerprint density at radius 1 is 0.401 bits per heavy atom. The van der Waals surface area contributed by atoms with Crippen molar-refractivity contribution in [2.75, 3.05) is 104 Å². The number of carbonyl (C=O) groups is 4. The van der Waals surface area contributed by atoms with Crippen LogP contribution in [0.15, 0.2) is 128 Å². The molecule has 0 spiro atoms. The van der Waals surface area contributed by atoms with Gasteiger partial charge in [0.1, 0.15) is 9.84 Å². The number of hydrogen-bond acceptors (Lipinski definition) is 12. The number of sulfone groups is 1. The number of aromatic nitrogens is 3. The maximum Gasteiger partial charge on any atom is 0.273 e. The molecule has 142 heavy (non-hydrogen) atoms. The minimum absolute atomic E-state index is 0.00189. The van der Waals surface area contributed by atoms with Crippen molar-refractivity contribution in [2.45, 2.75) is 280 Å². The second-order valence-electron chi connectivity index (χ2n) is 43.9. The van der Waals surface area contributed by atoms with Crippen molar-refractivity contribution in [3.63, 3.8) is 0 Å². The lowest BCUT2D eigenvalue weighted by Gasteiger charge is -2.17. The van der Waals surface area contributed by atoms with Crippen LogP contribution in [0.1, 0.15) is 280 Å². The molecule has 0 unspecified atom stereocenters. The number of amides is 4. The van der Waals surface area contributed by atoms with Crippen molar-refractivity contribution in [1.29, 1.82) is 0 Å². The molecule has 0 atom stereocenters. The summed E-state index contributed by atoms with van der Waals surface area (Å²) in [5.74, 6) is 55.6. The highest BCUT2D eigenvalue weighted by Crippen LogP contribution is 2.24. The second-order valence-corrected chi connectivity index (χ2v) is 47.0. The molecule has 18 nitrogen and oxygen atoms in total. The molecular formula is C121H178Cl2N12O6S. The van der Waals surface area contributed by atoms with E-state index in [9.17, 15) is 27.6 Å². The molecule has 0 saturated carbocycles. The number of aryl methyl sites for hydroxylation is 1. The number of fused-ring (bicyclic) bond motifs is 2. The van der Waals surface area contributed by atoms with Gasteiger partial charge in [-0.2, -0.15) is 5.10 Å². The van der Waals surface area contributed by atoms with E-state index in [0.717, 1.165) is 84.3 Å². The lowest BCUT2D eigenvalue weighted by molar-refractivity contribution is -0.121. The zero-order chi connectivity index (χ0) is 108. The Kier molecular flexibility index (Phi) is 65.9. The summed E-state index contributed by atoms with van der Waals surface area (Å²) in [5, 5.41) is 30.4. The maximum absolute atomic E-state index is 12.0. The molecule has 9 N–H and O–H groups in total. The fourth-order valence-electron chi connectivity index (χ4n) is 11.0. The van der Waals surface area contributed by atoms with E-state index >= 15 is 0 Å². The van der Waals surface area contributed by atoms with Gasteiger partial charge in [-0.05, 0) is 293 Å². The highest BCUT2D eigenvalue weighted by Gasteiger charge is 2.16. The first-order valence-electron chi connectivity index (χ1n) is 49.6. The third-order valence-corrected chi connectivity index (χ3v) is 19.3. The lowest BCUT2D eigenvalue weighted by Crippen LogP contribution is -2.25. The van der Waals surface area contributed by atoms with Gasteiger partial charge in [0, 0.05) is 96.6 Å². The quantitative estimate of drug-likeness (QED) is 0.0164. The van der Waals surface area contributed by atoms with Gasteiger partial charge in [0.15, 0.2) is 5.69 Å². The summed E-state index contributed by atoms with van der Waals surface area (Å²) in [6.07, 6.45) is 6.63. The monoisotopic (exact) mass is 2000 g/mol. The molecule has 0 aliphatic heterocycles. The van der Waals surface area contributed by atoms with Crippen LogP contribution in [-0.4, -0.2) is 167 Å². The predicted octanol–water partition coefficient (Wildman–Crippen LogP) is 22.7. The first-order chi connectivity index (χ1) is 65.8. The highest BCUT2D eigenvalue weighted by molar-refractivity contribution is 7.90. The lowest BCUT2D eigenvalue weighted by atomic mass is 9.98. The third kappa shape index (κ3) is 82.9. The number of carbonyl (C=O) groups excluding carboxylic acids is 4. The standard InChI is InChI=1S/C17H20N2O.C16H21NO.C15H17Cl2NO.C15H17N3O.C14H19N.C13H25N.C11H21N.C10H19NO2S.C10H19N/c1-17(2,3)9-6-10-18-16(20)11-13-12-19-15-8-5-4-7-14(13)15;1-13-6-8-14(9-7-13)12-15(18)17-11-5-10-16(2,3)4;1-15(2,3)7-4-8-18-14(19)10-11-5-6-12(16)13(17)9-11;1-15(2,3)9-6-10-16-14(19)13-11-7-4-5-8-12(11)17-18-13;1-14(2,3)10-7-11-15-12-13-8-5-4-6-9-13;1-6-10-14(11-7-2)12-8-9-13(3,4)5;1-6-12(7-2)10-8-9-11(3,4)5;1-10(2,3)6-5-7-11-8-9-14(4,12)13;1-9(2)11-8-6-7-10(3,4)5/h4-5,7-8,12,19H,10-11H2,1-3H3,(H,18,20);6-9H,11-12H2,1-4H3,(H,17,18);5-6,9H,8,10H2,1-3H3,(H,18,19);4-5,7-8H,10H2,1-3H3,(H,16,19)(H,17,18);4-6,8-9,15H,11-12H2,1-3H3;6-7,10-12H2,1-5H3;6-7,10H2,1-5H3;11H,7-9H2,1-4H3;9,11H,8H2,1-5H3. The average Bonchev–Trinajstić information content (AvgIpc) is 1.68. The van der Waals surface area contributed by atoms with Crippen molar-refractivity contribution in [3.8, 4) is 107 Å². The Morgan fingerprint density at radius 3 is 1.18 bits per heavy atom. The van der Waals surface area contributed by atoms with Crippen molar-refractivity contribution in [1.82, 2.24) is 62.2 Å². The molecule has 0 aliphatic carbocycles. The van der Waals surface area contributed by atoms with Crippen molar-refractivity contribution in [3.05, 3.63) is 171 Å². The Morgan fingerprint density at radius 2 is 0.768 bits per heavy atom. The van der Waals surface area contributed by atoms with E-state index < -0.39 is 9.84 Å². The number of hydrogen-bond donors (Lipinski definition) is 9. The fourth-order valence-corrected chi connectivity index (χ4v) is 11.9. The number of rotatable bonds is 28. The third-order valence-electron chi connectivity index (χ3n) is 17.6. The molecule has 7 aromatic rings. The Labute approximate surface area is 872 Å². The Hall–Kier alpha value is -10.6. The van der Waals surface area contributed by atoms with Gasteiger partial charge in [-0.1, -0.05) is 260 Å².